The zero-order chi connectivity index (χ0) is 20.2. The van der Waals surface area contributed by atoms with Crippen LogP contribution in [0.15, 0.2) is 18.2 Å². The van der Waals surface area contributed by atoms with E-state index < -0.39 is 23.3 Å². The van der Waals surface area contributed by atoms with E-state index in [0.717, 1.165) is 0 Å². The smallest absolute Gasteiger partial charge is 0.329 e. The summed E-state index contributed by atoms with van der Waals surface area (Å²) in [5.74, 6) is -1.31. The van der Waals surface area contributed by atoms with Crippen molar-refractivity contribution < 1.29 is 29.0 Å². The van der Waals surface area contributed by atoms with Crippen LogP contribution in [0.2, 0.25) is 0 Å². The van der Waals surface area contributed by atoms with Gasteiger partial charge in [-0.2, -0.15) is 0 Å². The van der Waals surface area contributed by atoms with Gasteiger partial charge in [0.25, 0.3) is 0 Å². The first-order valence-electron chi connectivity index (χ1n) is 8.83. The van der Waals surface area contributed by atoms with Crippen LogP contribution in [0.3, 0.4) is 0 Å². The van der Waals surface area contributed by atoms with Crippen molar-refractivity contribution in [3.05, 3.63) is 18.2 Å². The van der Waals surface area contributed by atoms with Crippen molar-refractivity contribution in [3.8, 4) is 11.5 Å². The molecule has 1 fully saturated rings. The molecule has 27 heavy (non-hydrogen) atoms. The Morgan fingerprint density at radius 1 is 1.33 bits per heavy atom. The second-order valence-electron chi connectivity index (χ2n) is 6.82. The number of aliphatic carboxylic acids is 1. The number of carboxylic acids is 1. The SMILES string of the molecule is CCCC(C)(NC(=O)C1CC(=O)N(c2ccc(OC)cc2OC)C1)C(=O)O. The van der Waals surface area contributed by atoms with Crippen LogP contribution in [-0.4, -0.2) is 49.2 Å². The summed E-state index contributed by atoms with van der Waals surface area (Å²) in [5.41, 5.74) is -0.798. The number of carbonyl (C=O) groups is 3. The van der Waals surface area contributed by atoms with Crippen molar-refractivity contribution in [1.82, 2.24) is 5.32 Å². The molecule has 0 saturated carbocycles. The fourth-order valence-electron chi connectivity index (χ4n) is 3.22. The summed E-state index contributed by atoms with van der Waals surface area (Å²) >= 11 is 0. The van der Waals surface area contributed by atoms with Gasteiger partial charge in [-0.1, -0.05) is 13.3 Å². The first-order chi connectivity index (χ1) is 12.8. The standard InChI is InChI=1S/C19H26N2O6/c1-5-8-19(2,18(24)25)20-17(23)12-9-16(22)21(11-12)14-7-6-13(26-3)10-15(14)27-4/h6-7,10,12H,5,8-9,11H2,1-4H3,(H,20,23)(H,24,25). The molecular formula is C19H26N2O6. The van der Waals surface area contributed by atoms with Crippen LogP contribution in [0.25, 0.3) is 0 Å². The third-order valence-corrected chi connectivity index (χ3v) is 4.79. The van der Waals surface area contributed by atoms with Crippen molar-refractivity contribution in [2.45, 2.75) is 38.6 Å². The van der Waals surface area contributed by atoms with E-state index in [4.69, 9.17) is 9.47 Å². The van der Waals surface area contributed by atoms with Gasteiger partial charge in [-0.05, 0) is 25.5 Å². The van der Waals surface area contributed by atoms with E-state index in [0.29, 0.717) is 30.0 Å². The number of hydrogen-bond acceptors (Lipinski definition) is 5. The molecule has 0 aromatic heterocycles. The summed E-state index contributed by atoms with van der Waals surface area (Å²) in [4.78, 5) is 38.1. The maximum absolute atomic E-state index is 12.6. The fraction of sp³-hybridized carbons (Fsp3) is 0.526. The number of nitrogens with zero attached hydrogens (tertiary/aromatic N) is 1. The molecule has 2 amide bonds. The van der Waals surface area contributed by atoms with Crippen LogP contribution in [0.5, 0.6) is 11.5 Å². The van der Waals surface area contributed by atoms with Crippen molar-refractivity contribution >= 4 is 23.5 Å². The molecule has 1 aliphatic rings. The Labute approximate surface area is 158 Å². The second kappa shape index (κ2) is 8.28. The summed E-state index contributed by atoms with van der Waals surface area (Å²) < 4.78 is 10.5. The van der Waals surface area contributed by atoms with E-state index in [1.807, 2.05) is 6.92 Å². The van der Waals surface area contributed by atoms with Gasteiger partial charge in [0.1, 0.15) is 17.0 Å². The van der Waals surface area contributed by atoms with Crippen LogP contribution >= 0.6 is 0 Å². The molecule has 2 unspecified atom stereocenters. The van der Waals surface area contributed by atoms with E-state index in [1.165, 1.54) is 26.0 Å². The molecule has 148 valence electrons. The number of hydrogen-bond donors (Lipinski definition) is 2. The summed E-state index contributed by atoms with van der Waals surface area (Å²) in [6.07, 6.45) is 0.940. The number of carboxylic acid groups (broad SMARTS) is 1. The van der Waals surface area contributed by atoms with Crippen LogP contribution in [-0.2, 0) is 14.4 Å². The zero-order valence-electron chi connectivity index (χ0n) is 16.1. The van der Waals surface area contributed by atoms with Crippen molar-refractivity contribution in [1.29, 1.82) is 0 Å². The average Bonchev–Trinajstić information content (AvgIpc) is 3.02. The highest BCUT2D eigenvalue weighted by molar-refractivity contribution is 6.02. The molecule has 0 spiro atoms. The van der Waals surface area contributed by atoms with Gasteiger partial charge < -0.3 is 24.8 Å². The minimum absolute atomic E-state index is 0.0167. The molecule has 2 rings (SSSR count). The van der Waals surface area contributed by atoms with Gasteiger partial charge in [0, 0.05) is 19.0 Å². The number of amides is 2. The Bertz CT molecular complexity index is 735. The van der Waals surface area contributed by atoms with Gasteiger partial charge in [-0.3, -0.25) is 9.59 Å². The van der Waals surface area contributed by atoms with Crippen LogP contribution in [0.4, 0.5) is 5.69 Å². The number of methoxy groups -OCH3 is 2. The number of anilines is 1. The van der Waals surface area contributed by atoms with Crippen LogP contribution in [0, 0.1) is 5.92 Å². The Morgan fingerprint density at radius 3 is 2.59 bits per heavy atom. The Kier molecular flexibility index (Phi) is 6.30. The summed E-state index contributed by atoms with van der Waals surface area (Å²) in [6.45, 7) is 3.50. The van der Waals surface area contributed by atoms with E-state index in [1.54, 1.807) is 18.2 Å². The molecule has 8 nitrogen and oxygen atoms in total. The monoisotopic (exact) mass is 378 g/mol. The lowest BCUT2D eigenvalue weighted by Crippen LogP contribution is -2.54. The largest absolute Gasteiger partial charge is 0.497 e. The first-order valence-corrected chi connectivity index (χ1v) is 8.83. The highest BCUT2D eigenvalue weighted by Crippen LogP contribution is 2.36. The number of nitrogens with one attached hydrogen (secondary N) is 1. The number of ether oxygens (including phenoxy) is 2. The lowest BCUT2D eigenvalue weighted by molar-refractivity contribution is -0.147. The molecule has 2 N–H and O–H groups in total. The lowest BCUT2D eigenvalue weighted by Gasteiger charge is -2.27. The van der Waals surface area contributed by atoms with E-state index in [9.17, 15) is 19.5 Å². The maximum Gasteiger partial charge on any atom is 0.329 e. The third kappa shape index (κ3) is 4.32. The minimum Gasteiger partial charge on any atom is -0.497 e. The average molecular weight is 378 g/mol. The molecule has 8 heteroatoms. The topological polar surface area (TPSA) is 105 Å². The van der Waals surface area contributed by atoms with Gasteiger partial charge >= 0.3 is 5.97 Å². The van der Waals surface area contributed by atoms with Crippen molar-refractivity contribution in [3.63, 3.8) is 0 Å². The maximum atomic E-state index is 12.6. The molecule has 1 saturated heterocycles. The van der Waals surface area contributed by atoms with E-state index in [2.05, 4.69) is 5.32 Å². The molecule has 1 heterocycles. The van der Waals surface area contributed by atoms with Gasteiger partial charge in [0.05, 0.1) is 25.8 Å². The molecule has 1 aliphatic heterocycles. The Morgan fingerprint density at radius 2 is 2.04 bits per heavy atom. The van der Waals surface area contributed by atoms with E-state index in [-0.39, 0.29) is 18.9 Å². The second-order valence-corrected chi connectivity index (χ2v) is 6.82. The molecule has 0 aliphatic carbocycles. The summed E-state index contributed by atoms with van der Waals surface area (Å²) in [6, 6.07) is 5.08. The molecule has 1 aromatic rings. The number of rotatable bonds is 8. The predicted molar refractivity (Wildman–Crippen MR) is 99.1 cm³/mol. The van der Waals surface area contributed by atoms with Gasteiger partial charge in [-0.15, -0.1) is 0 Å². The number of carbonyl (C=O) groups excluding carboxylic acids is 2. The molecular weight excluding hydrogens is 352 g/mol. The van der Waals surface area contributed by atoms with Gasteiger partial charge in [0.15, 0.2) is 0 Å². The normalized spacial score (nSPS) is 18.7. The fourth-order valence-corrected chi connectivity index (χ4v) is 3.22. The summed E-state index contributed by atoms with van der Waals surface area (Å²) in [5, 5.41) is 12.0. The highest BCUT2D eigenvalue weighted by Gasteiger charge is 2.41. The van der Waals surface area contributed by atoms with Gasteiger partial charge in [0.2, 0.25) is 11.8 Å². The molecule has 0 bridgehead atoms. The lowest BCUT2D eigenvalue weighted by atomic mass is 9.95. The van der Waals surface area contributed by atoms with E-state index >= 15 is 0 Å². The third-order valence-electron chi connectivity index (χ3n) is 4.79. The summed E-state index contributed by atoms with van der Waals surface area (Å²) in [7, 11) is 3.03. The zero-order valence-corrected chi connectivity index (χ0v) is 16.1. The molecule has 1 aromatic carbocycles. The van der Waals surface area contributed by atoms with Crippen LogP contribution < -0.4 is 19.7 Å². The van der Waals surface area contributed by atoms with Crippen LogP contribution in [0.1, 0.15) is 33.1 Å². The Balaban J connectivity index is 2.17. The van der Waals surface area contributed by atoms with Crippen molar-refractivity contribution in [2.75, 3.05) is 25.7 Å². The predicted octanol–water partition coefficient (Wildman–Crippen LogP) is 1.82. The molecule has 2 atom stereocenters. The minimum atomic E-state index is -1.35. The Hall–Kier alpha value is -2.77. The molecule has 0 radical (unpaired) electrons. The number of benzene rings is 1. The van der Waals surface area contributed by atoms with Gasteiger partial charge in [-0.25, -0.2) is 4.79 Å². The highest BCUT2D eigenvalue weighted by atomic mass is 16.5. The quantitative estimate of drug-likeness (QED) is 0.715. The van der Waals surface area contributed by atoms with Crippen molar-refractivity contribution in [2.24, 2.45) is 5.92 Å². The first kappa shape index (κ1) is 20.5.